The van der Waals surface area contributed by atoms with Gasteiger partial charge in [-0.25, -0.2) is 4.98 Å². The summed E-state index contributed by atoms with van der Waals surface area (Å²) in [5.41, 5.74) is 0. The van der Waals surface area contributed by atoms with Crippen LogP contribution >= 0.6 is 0 Å². The minimum Gasteiger partial charge on any atom is -0.338 e. The van der Waals surface area contributed by atoms with Crippen molar-refractivity contribution in [3.63, 3.8) is 0 Å². The Kier molecular flexibility index (Phi) is 5.40. The molecule has 1 atom stereocenters. The number of aryl methyl sites for hydroxylation is 2. The molecule has 0 saturated carbocycles. The average Bonchev–Trinajstić information content (AvgIpc) is 2.61. The van der Waals surface area contributed by atoms with Gasteiger partial charge in [-0.05, 0) is 32.4 Å². The first-order chi connectivity index (χ1) is 7.27. The van der Waals surface area contributed by atoms with Crippen LogP contribution in [0.3, 0.4) is 0 Å². The number of hydrogen-bond acceptors (Lipinski definition) is 2. The molecular weight excluding hydrogens is 186 g/mol. The zero-order valence-electron chi connectivity index (χ0n) is 10.2. The SMILES string of the molecule is CCCC(CCc1nccn1C)CNC. The summed E-state index contributed by atoms with van der Waals surface area (Å²) < 4.78 is 2.11. The Labute approximate surface area is 92.9 Å². The molecular formula is C12H23N3. The molecule has 0 bridgehead atoms. The van der Waals surface area contributed by atoms with Crippen LogP contribution in [-0.4, -0.2) is 23.1 Å². The van der Waals surface area contributed by atoms with Crippen molar-refractivity contribution in [2.75, 3.05) is 13.6 Å². The van der Waals surface area contributed by atoms with Gasteiger partial charge in [0.25, 0.3) is 0 Å². The maximum atomic E-state index is 4.35. The Bertz CT molecular complexity index is 262. The van der Waals surface area contributed by atoms with E-state index in [9.17, 15) is 0 Å². The molecule has 1 aromatic rings. The summed E-state index contributed by atoms with van der Waals surface area (Å²) in [4.78, 5) is 4.35. The Morgan fingerprint density at radius 3 is 2.80 bits per heavy atom. The van der Waals surface area contributed by atoms with Crippen molar-refractivity contribution in [1.82, 2.24) is 14.9 Å². The van der Waals surface area contributed by atoms with Crippen LogP contribution in [0.2, 0.25) is 0 Å². The van der Waals surface area contributed by atoms with E-state index in [1.165, 1.54) is 25.1 Å². The minimum absolute atomic E-state index is 0.789. The summed E-state index contributed by atoms with van der Waals surface area (Å²) in [7, 11) is 4.10. The van der Waals surface area contributed by atoms with Crippen molar-refractivity contribution in [2.24, 2.45) is 13.0 Å². The number of nitrogens with one attached hydrogen (secondary N) is 1. The van der Waals surface area contributed by atoms with E-state index in [1.807, 2.05) is 19.4 Å². The zero-order valence-corrected chi connectivity index (χ0v) is 10.2. The Hall–Kier alpha value is -0.830. The second-order valence-electron chi connectivity index (χ2n) is 4.21. The van der Waals surface area contributed by atoms with Gasteiger partial charge >= 0.3 is 0 Å². The number of imidazole rings is 1. The molecule has 1 aromatic heterocycles. The van der Waals surface area contributed by atoms with E-state index in [0.717, 1.165) is 18.9 Å². The van der Waals surface area contributed by atoms with E-state index < -0.39 is 0 Å². The van der Waals surface area contributed by atoms with Crippen LogP contribution in [0.1, 0.15) is 32.0 Å². The third-order valence-electron chi connectivity index (χ3n) is 2.89. The molecule has 0 aliphatic carbocycles. The molecule has 1 rings (SSSR count). The predicted molar refractivity (Wildman–Crippen MR) is 63.9 cm³/mol. The van der Waals surface area contributed by atoms with Gasteiger partial charge in [0, 0.05) is 25.9 Å². The monoisotopic (exact) mass is 209 g/mol. The van der Waals surface area contributed by atoms with Gasteiger partial charge in [0.05, 0.1) is 0 Å². The van der Waals surface area contributed by atoms with Gasteiger partial charge in [-0.1, -0.05) is 13.3 Å². The van der Waals surface area contributed by atoms with Crippen LogP contribution < -0.4 is 5.32 Å². The van der Waals surface area contributed by atoms with E-state index in [1.54, 1.807) is 0 Å². The van der Waals surface area contributed by atoms with E-state index in [2.05, 4.69) is 28.8 Å². The van der Waals surface area contributed by atoms with Gasteiger partial charge in [-0.15, -0.1) is 0 Å². The van der Waals surface area contributed by atoms with E-state index in [4.69, 9.17) is 0 Å². The molecule has 0 aliphatic rings. The van der Waals surface area contributed by atoms with E-state index in [0.29, 0.717) is 0 Å². The molecule has 1 heterocycles. The van der Waals surface area contributed by atoms with E-state index in [-0.39, 0.29) is 0 Å². The van der Waals surface area contributed by atoms with E-state index >= 15 is 0 Å². The summed E-state index contributed by atoms with van der Waals surface area (Å²) in [6, 6.07) is 0. The van der Waals surface area contributed by atoms with Gasteiger partial charge in [-0.3, -0.25) is 0 Å². The fourth-order valence-corrected chi connectivity index (χ4v) is 2.02. The molecule has 3 nitrogen and oxygen atoms in total. The van der Waals surface area contributed by atoms with Crippen molar-refractivity contribution in [3.8, 4) is 0 Å². The largest absolute Gasteiger partial charge is 0.338 e. The second kappa shape index (κ2) is 6.62. The molecule has 3 heteroatoms. The van der Waals surface area contributed by atoms with Crippen molar-refractivity contribution in [2.45, 2.75) is 32.6 Å². The number of rotatable bonds is 7. The van der Waals surface area contributed by atoms with Crippen LogP contribution in [0.15, 0.2) is 12.4 Å². The molecule has 1 unspecified atom stereocenters. The number of nitrogens with zero attached hydrogens (tertiary/aromatic N) is 2. The normalized spacial score (nSPS) is 13.0. The summed E-state index contributed by atoms with van der Waals surface area (Å²) in [5, 5.41) is 3.27. The highest BCUT2D eigenvalue weighted by Gasteiger charge is 2.08. The molecule has 86 valence electrons. The fourth-order valence-electron chi connectivity index (χ4n) is 2.02. The second-order valence-corrected chi connectivity index (χ2v) is 4.21. The minimum atomic E-state index is 0.789. The summed E-state index contributed by atoms with van der Waals surface area (Å²) >= 11 is 0. The first-order valence-electron chi connectivity index (χ1n) is 5.88. The Balaban J connectivity index is 2.36. The average molecular weight is 209 g/mol. The van der Waals surface area contributed by atoms with Crippen LogP contribution in [0.25, 0.3) is 0 Å². The highest BCUT2D eigenvalue weighted by Crippen LogP contribution is 2.13. The quantitative estimate of drug-likeness (QED) is 0.744. The standard InChI is InChI=1S/C12H23N3/c1-4-5-11(10-13-2)6-7-12-14-8-9-15(12)3/h8-9,11,13H,4-7,10H2,1-3H3. The van der Waals surface area contributed by atoms with Crippen molar-refractivity contribution < 1.29 is 0 Å². The van der Waals surface area contributed by atoms with Gasteiger partial charge in [0.15, 0.2) is 0 Å². The smallest absolute Gasteiger partial charge is 0.108 e. The highest BCUT2D eigenvalue weighted by molar-refractivity contribution is 4.91. The molecule has 15 heavy (non-hydrogen) atoms. The van der Waals surface area contributed by atoms with Gasteiger partial charge in [-0.2, -0.15) is 0 Å². The lowest BCUT2D eigenvalue weighted by atomic mass is 9.98. The van der Waals surface area contributed by atoms with Crippen molar-refractivity contribution >= 4 is 0 Å². The van der Waals surface area contributed by atoms with Gasteiger partial charge < -0.3 is 9.88 Å². The first kappa shape index (κ1) is 12.2. The molecule has 0 radical (unpaired) electrons. The number of aromatic nitrogens is 2. The first-order valence-corrected chi connectivity index (χ1v) is 5.88. The summed E-state index contributed by atoms with van der Waals surface area (Å²) in [6.07, 6.45) is 8.80. The molecule has 0 amide bonds. The van der Waals surface area contributed by atoms with Crippen molar-refractivity contribution in [3.05, 3.63) is 18.2 Å². The lowest BCUT2D eigenvalue weighted by Crippen LogP contribution is -2.19. The molecule has 0 saturated heterocycles. The van der Waals surface area contributed by atoms with Crippen LogP contribution in [-0.2, 0) is 13.5 Å². The lowest BCUT2D eigenvalue weighted by Gasteiger charge is -2.15. The maximum Gasteiger partial charge on any atom is 0.108 e. The molecule has 0 fully saturated rings. The molecule has 0 aromatic carbocycles. The Morgan fingerprint density at radius 2 is 2.27 bits per heavy atom. The fraction of sp³-hybridized carbons (Fsp3) is 0.750. The number of hydrogen-bond donors (Lipinski definition) is 1. The van der Waals surface area contributed by atoms with Gasteiger partial charge in [0.2, 0.25) is 0 Å². The highest BCUT2D eigenvalue weighted by atomic mass is 15.0. The molecule has 1 N–H and O–H groups in total. The van der Waals surface area contributed by atoms with Crippen LogP contribution in [0.4, 0.5) is 0 Å². The van der Waals surface area contributed by atoms with Crippen LogP contribution in [0, 0.1) is 5.92 Å². The molecule has 0 aliphatic heterocycles. The summed E-state index contributed by atoms with van der Waals surface area (Å²) in [5.74, 6) is 1.99. The van der Waals surface area contributed by atoms with Crippen molar-refractivity contribution in [1.29, 1.82) is 0 Å². The Morgan fingerprint density at radius 1 is 1.47 bits per heavy atom. The lowest BCUT2D eigenvalue weighted by molar-refractivity contribution is 0.423. The topological polar surface area (TPSA) is 29.9 Å². The third kappa shape index (κ3) is 4.04. The molecule has 0 spiro atoms. The maximum absolute atomic E-state index is 4.35. The van der Waals surface area contributed by atoms with Crippen LogP contribution in [0.5, 0.6) is 0 Å². The zero-order chi connectivity index (χ0) is 11.1. The summed E-state index contributed by atoms with van der Waals surface area (Å²) in [6.45, 7) is 3.38. The van der Waals surface area contributed by atoms with Gasteiger partial charge in [0.1, 0.15) is 5.82 Å². The predicted octanol–water partition coefficient (Wildman–Crippen LogP) is 1.99. The third-order valence-corrected chi connectivity index (χ3v) is 2.89.